The largest absolute Gasteiger partial charge is 0.330 e. The van der Waals surface area contributed by atoms with Crippen molar-refractivity contribution in [3.8, 4) is 0 Å². The summed E-state index contributed by atoms with van der Waals surface area (Å²) in [6, 6.07) is 5.99. The number of nitrogens with two attached hydrogens (primary N) is 1. The second-order valence-electron chi connectivity index (χ2n) is 3.93. The highest BCUT2D eigenvalue weighted by molar-refractivity contribution is 7.85. The molecular weight excluding hydrogens is 206 g/mol. The van der Waals surface area contributed by atoms with Crippen molar-refractivity contribution in [3.05, 3.63) is 29.3 Å². The van der Waals surface area contributed by atoms with Gasteiger partial charge in [-0.2, -0.15) is 0 Å². The van der Waals surface area contributed by atoms with Crippen LogP contribution in [0.5, 0.6) is 0 Å². The van der Waals surface area contributed by atoms with Gasteiger partial charge in [-0.05, 0) is 50.1 Å². The molecule has 0 aliphatic rings. The van der Waals surface area contributed by atoms with E-state index in [0.717, 1.165) is 11.3 Å². The first-order valence-corrected chi connectivity index (χ1v) is 6.45. The molecule has 0 aliphatic carbocycles. The third kappa shape index (κ3) is 3.14. The first-order valence-electron chi connectivity index (χ1n) is 5.24. The quantitative estimate of drug-likeness (QED) is 0.853. The SMILES string of the molecule is Cc1ccc(S(=O)C(C)CCN)cc1C. The van der Waals surface area contributed by atoms with E-state index in [4.69, 9.17) is 5.73 Å². The van der Waals surface area contributed by atoms with Crippen LogP contribution in [0.4, 0.5) is 0 Å². The normalized spacial score (nSPS) is 14.9. The number of benzene rings is 1. The van der Waals surface area contributed by atoms with Gasteiger partial charge in [0.15, 0.2) is 0 Å². The summed E-state index contributed by atoms with van der Waals surface area (Å²) in [5, 5.41) is 0.136. The van der Waals surface area contributed by atoms with Crippen molar-refractivity contribution in [1.29, 1.82) is 0 Å². The zero-order chi connectivity index (χ0) is 11.4. The lowest BCUT2D eigenvalue weighted by atomic mass is 10.1. The summed E-state index contributed by atoms with van der Waals surface area (Å²) in [5.41, 5.74) is 7.90. The van der Waals surface area contributed by atoms with Gasteiger partial charge in [-0.1, -0.05) is 13.0 Å². The highest BCUT2D eigenvalue weighted by Crippen LogP contribution is 2.17. The lowest BCUT2D eigenvalue weighted by molar-refractivity contribution is 0.666. The fourth-order valence-corrected chi connectivity index (χ4v) is 2.72. The smallest absolute Gasteiger partial charge is 0.0558 e. The van der Waals surface area contributed by atoms with E-state index in [1.807, 2.05) is 32.0 Å². The lowest BCUT2D eigenvalue weighted by Crippen LogP contribution is -2.16. The van der Waals surface area contributed by atoms with E-state index in [2.05, 4.69) is 6.92 Å². The van der Waals surface area contributed by atoms with E-state index in [1.54, 1.807) is 0 Å². The summed E-state index contributed by atoms with van der Waals surface area (Å²) < 4.78 is 12.1. The zero-order valence-electron chi connectivity index (χ0n) is 9.62. The summed E-state index contributed by atoms with van der Waals surface area (Å²) in [6.07, 6.45) is 0.805. The Morgan fingerprint density at radius 1 is 1.33 bits per heavy atom. The maximum absolute atomic E-state index is 12.1. The molecule has 3 heteroatoms. The van der Waals surface area contributed by atoms with Crippen molar-refractivity contribution >= 4 is 10.8 Å². The van der Waals surface area contributed by atoms with Gasteiger partial charge in [-0.15, -0.1) is 0 Å². The van der Waals surface area contributed by atoms with Crippen molar-refractivity contribution < 1.29 is 4.21 Å². The van der Waals surface area contributed by atoms with E-state index in [-0.39, 0.29) is 5.25 Å². The molecule has 0 fully saturated rings. The first kappa shape index (κ1) is 12.4. The summed E-state index contributed by atoms with van der Waals surface area (Å²) >= 11 is 0. The van der Waals surface area contributed by atoms with Crippen molar-refractivity contribution in [1.82, 2.24) is 0 Å². The molecule has 0 aromatic heterocycles. The van der Waals surface area contributed by atoms with Crippen molar-refractivity contribution in [2.75, 3.05) is 6.54 Å². The first-order chi connectivity index (χ1) is 7.06. The van der Waals surface area contributed by atoms with E-state index >= 15 is 0 Å². The van der Waals surface area contributed by atoms with E-state index in [0.29, 0.717) is 6.54 Å². The number of hydrogen-bond acceptors (Lipinski definition) is 2. The molecule has 84 valence electrons. The van der Waals surface area contributed by atoms with Gasteiger partial charge in [-0.3, -0.25) is 4.21 Å². The maximum atomic E-state index is 12.1. The van der Waals surface area contributed by atoms with Crippen LogP contribution in [-0.2, 0) is 10.8 Å². The van der Waals surface area contributed by atoms with Crippen LogP contribution in [0, 0.1) is 13.8 Å². The van der Waals surface area contributed by atoms with Crippen LogP contribution in [0.15, 0.2) is 23.1 Å². The van der Waals surface area contributed by atoms with Gasteiger partial charge in [0.1, 0.15) is 0 Å². The molecule has 1 aromatic rings. The molecule has 2 nitrogen and oxygen atoms in total. The van der Waals surface area contributed by atoms with Crippen LogP contribution in [0.25, 0.3) is 0 Å². The van der Waals surface area contributed by atoms with Gasteiger partial charge in [0.2, 0.25) is 0 Å². The second kappa shape index (κ2) is 5.42. The molecule has 0 saturated carbocycles. The number of hydrogen-bond donors (Lipinski definition) is 1. The lowest BCUT2D eigenvalue weighted by Gasteiger charge is -2.11. The Bertz CT molecular complexity index is 363. The summed E-state index contributed by atoms with van der Waals surface area (Å²) in [7, 11) is -0.927. The highest BCUT2D eigenvalue weighted by Gasteiger charge is 2.12. The van der Waals surface area contributed by atoms with E-state index in [1.165, 1.54) is 11.1 Å². The summed E-state index contributed by atoms with van der Waals surface area (Å²) in [4.78, 5) is 0.916. The van der Waals surface area contributed by atoms with Gasteiger partial charge in [0.25, 0.3) is 0 Å². The predicted octanol–water partition coefficient (Wildman–Crippen LogP) is 2.15. The van der Waals surface area contributed by atoms with Crippen molar-refractivity contribution in [3.63, 3.8) is 0 Å². The van der Waals surface area contributed by atoms with Crippen molar-refractivity contribution in [2.24, 2.45) is 5.73 Å². The molecular formula is C12H19NOS. The molecule has 2 atom stereocenters. The fraction of sp³-hybridized carbons (Fsp3) is 0.500. The van der Waals surface area contributed by atoms with Gasteiger partial charge in [0, 0.05) is 10.1 Å². The molecule has 0 aliphatic heterocycles. The molecule has 0 spiro atoms. The summed E-state index contributed by atoms with van der Waals surface area (Å²) in [6.45, 7) is 6.69. The second-order valence-corrected chi connectivity index (χ2v) is 5.80. The third-order valence-corrected chi connectivity index (χ3v) is 4.33. The molecule has 0 saturated heterocycles. The summed E-state index contributed by atoms with van der Waals surface area (Å²) in [5.74, 6) is 0. The van der Waals surface area contributed by atoms with Crippen LogP contribution >= 0.6 is 0 Å². The molecule has 1 rings (SSSR count). The molecule has 1 aromatic carbocycles. The Morgan fingerprint density at radius 2 is 2.00 bits per heavy atom. The molecule has 2 N–H and O–H groups in total. The van der Waals surface area contributed by atoms with Crippen LogP contribution < -0.4 is 5.73 Å². The molecule has 0 radical (unpaired) electrons. The average Bonchev–Trinajstić information content (AvgIpc) is 2.21. The van der Waals surface area contributed by atoms with Gasteiger partial charge in [-0.25, -0.2) is 0 Å². The van der Waals surface area contributed by atoms with Crippen molar-refractivity contribution in [2.45, 2.75) is 37.3 Å². The van der Waals surface area contributed by atoms with Gasteiger partial charge >= 0.3 is 0 Å². The molecule has 0 amide bonds. The predicted molar refractivity (Wildman–Crippen MR) is 65.5 cm³/mol. The highest BCUT2D eigenvalue weighted by atomic mass is 32.2. The molecule has 0 heterocycles. The zero-order valence-corrected chi connectivity index (χ0v) is 10.4. The maximum Gasteiger partial charge on any atom is 0.0558 e. The Morgan fingerprint density at radius 3 is 2.53 bits per heavy atom. The fourth-order valence-electron chi connectivity index (χ4n) is 1.41. The number of rotatable bonds is 4. The minimum Gasteiger partial charge on any atom is -0.330 e. The Kier molecular flexibility index (Phi) is 4.48. The van der Waals surface area contributed by atoms with Crippen LogP contribution in [0.2, 0.25) is 0 Å². The topological polar surface area (TPSA) is 43.1 Å². The Labute approximate surface area is 94.3 Å². The molecule has 15 heavy (non-hydrogen) atoms. The van der Waals surface area contributed by atoms with Gasteiger partial charge < -0.3 is 5.73 Å². The standard InChI is InChI=1S/C12H19NOS/c1-9-4-5-12(8-10(9)2)15(14)11(3)6-7-13/h4-5,8,11H,6-7,13H2,1-3H3. The van der Waals surface area contributed by atoms with E-state index in [9.17, 15) is 4.21 Å². The Balaban J connectivity index is 2.87. The molecule has 0 bridgehead atoms. The van der Waals surface area contributed by atoms with Crippen LogP contribution in [-0.4, -0.2) is 16.0 Å². The van der Waals surface area contributed by atoms with E-state index < -0.39 is 10.8 Å². The Hall–Kier alpha value is -0.670. The minimum atomic E-state index is -0.927. The third-order valence-electron chi connectivity index (χ3n) is 2.65. The molecule has 2 unspecified atom stereocenters. The monoisotopic (exact) mass is 225 g/mol. The van der Waals surface area contributed by atoms with Crippen LogP contribution in [0.3, 0.4) is 0 Å². The van der Waals surface area contributed by atoms with Gasteiger partial charge in [0.05, 0.1) is 10.8 Å². The minimum absolute atomic E-state index is 0.136. The average molecular weight is 225 g/mol. The van der Waals surface area contributed by atoms with Crippen LogP contribution in [0.1, 0.15) is 24.5 Å². The number of aryl methyl sites for hydroxylation is 2.